The summed E-state index contributed by atoms with van der Waals surface area (Å²) in [5, 5.41) is 3.11. The quantitative estimate of drug-likeness (QED) is 0.898. The molecule has 1 fully saturated rings. The van der Waals surface area contributed by atoms with Gasteiger partial charge in [-0.25, -0.2) is 0 Å². The summed E-state index contributed by atoms with van der Waals surface area (Å²) in [5.41, 5.74) is 1.04. The highest BCUT2D eigenvalue weighted by Gasteiger charge is 2.18. The molecule has 0 saturated carbocycles. The van der Waals surface area contributed by atoms with E-state index in [1.807, 2.05) is 25.1 Å². The van der Waals surface area contributed by atoms with Crippen LogP contribution in [0.25, 0.3) is 0 Å². The lowest BCUT2D eigenvalue weighted by Crippen LogP contribution is -2.39. The molecule has 6 heteroatoms. The van der Waals surface area contributed by atoms with Crippen LogP contribution in [0.2, 0.25) is 0 Å². The first-order valence-electron chi connectivity index (χ1n) is 9.21. The van der Waals surface area contributed by atoms with Crippen molar-refractivity contribution < 1.29 is 14.3 Å². The number of fused-ring (bicyclic) bond motifs is 1. The molecule has 1 aromatic rings. The molecule has 1 N–H and O–H groups in total. The molecule has 1 atom stereocenters. The number of amides is 1. The Bertz CT molecular complexity index is 593. The molecule has 138 valence electrons. The molecular formula is C19H29N3O3. The number of carbonyl (C=O) groups is 1. The van der Waals surface area contributed by atoms with E-state index in [1.165, 1.54) is 0 Å². The molecule has 1 amide bonds. The zero-order valence-electron chi connectivity index (χ0n) is 15.3. The van der Waals surface area contributed by atoms with Crippen molar-refractivity contribution in [1.82, 2.24) is 15.1 Å². The number of nitrogens with one attached hydrogen (secondary N) is 1. The maximum absolute atomic E-state index is 12.4. The Balaban J connectivity index is 1.55. The number of carbonyl (C=O) groups excluding carboxylic acids is 1. The number of hydrogen-bond acceptors (Lipinski definition) is 5. The summed E-state index contributed by atoms with van der Waals surface area (Å²) in [7, 11) is 2.13. The Labute approximate surface area is 150 Å². The summed E-state index contributed by atoms with van der Waals surface area (Å²) in [6.07, 6.45) is 2.00. The SMILES string of the molecule is CC(NC(=O)CN1CCCN(C)CC1)c1ccc2c(c1)OCCCO2. The van der Waals surface area contributed by atoms with Gasteiger partial charge in [-0.3, -0.25) is 9.69 Å². The third-order valence-corrected chi connectivity index (χ3v) is 4.83. The average molecular weight is 347 g/mol. The fourth-order valence-corrected chi connectivity index (χ4v) is 3.28. The number of hydrogen-bond donors (Lipinski definition) is 1. The Hall–Kier alpha value is -1.79. The van der Waals surface area contributed by atoms with Crippen molar-refractivity contribution in [1.29, 1.82) is 0 Å². The van der Waals surface area contributed by atoms with Gasteiger partial charge in [0.05, 0.1) is 25.8 Å². The Morgan fingerprint density at radius 3 is 2.76 bits per heavy atom. The third kappa shape index (κ3) is 5.09. The fourth-order valence-electron chi connectivity index (χ4n) is 3.28. The topological polar surface area (TPSA) is 54.0 Å². The van der Waals surface area contributed by atoms with Gasteiger partial charge in [-0.1, -0.05) is 6.07 Å². The van der Waals surface area contributed by atoms with E-state index >= 15 is 0 Å². The number of nitrogens with zero attached hydrogens (tertiary/aromatic N) is 2. The minimum absolute atomic E-state index is 0.0562. The minimum atomic E-state index is -0.0562. The van der Waals surface area contributed by atoms with Gasteiger partial charge in [-0.05, 0) is 51.2 Å². The van der Waals surface area contributed by atoms with Crippen LogP contribution in [0, 0.1) is 0 Å². The van der Waals surface area contributed by atoms with Gasteiger partial charge in [-0.15, -0.1) is 0 Å². The van der Waals surface area contributed by atoms with E-state index in [2.05, 4.69) is 22.2 Å². The molecule has 1 saturated heterocycles. The van der Waals surface area contributed by atoms with Crippen LogP contribution in [-0.2, 0) is 4.79 Å². The standard InChI is InChI=1S/C19H29N3O3/c1-15(16-5-6-17-18(13-16)25-12-4-11-24-17)20-19(23)14-22-8-3-7-21(2)9-10-22/h5-6,13,15H,3-4,7-12,14H2,1-2H3,(H,20,23). The second-order valence-electron chi connectivity index (χ2n) is 6.98. The molecule has 6 nitrogen and oxygen atoms in total. The molecule has 1 aromatic carbocycles. The van der Waals surface area contributed by atoms with Gasteiger partial charge in [0, 0.05) is 19.5 Å². The van der Waals surface area contributed by atoms with Crippen LogP contribution in [0.3, 0.4) is 0 Å². The number of ether oxygens (including phenoxy) is 2. The van der Waals surface area contributed by atoms with Gasteiger partial charge in [-0.2, -0.15) is 0 Å². The van der Waals surface area contributed by atoms with Crippen molar-refractivity contribution in [2.45, 2.75) is 25.8 Å². The first kappa shape index (κ1) is 18.0. The number of rotatable bonds is 4. The predicted molar refractivity (Wildman–Crippen MR) is 97.2 cm³/mol. The van der Waals surface area contributed by atoms with Crippen LogP contribution in [0.1, 0.15) is 31.4 Å². The third-order valence-electron chi connectivity index (χ3n) is 4.83. The predicted octanol–water partition coefficient (Wildman–Crippen LogP) is 1.66. The monoisotopic (exact) mass is 347 g/mol. The summed E-state index contributed by atoms with van der Waals surface area (Å²) >= 11 is 0. The smallest absolute Gasteiger partial charge is 0.234 e. The summed E-state index contributed by atoms with van der Waals surface area (Å²) in [4.78, 5) is 17.0. The molecule has 0 aliphatic carbocycles. The Morgan fingerprint density at radius 2 is 1.92 bits per heavy atom. The van der Waals surface area contributed by atoms with E-state index in [1.54, 1.807) is 0 Å². The van der Waals surface area contributed by atoms with Crippen molar-refractivity contribution in [3.63, 3.8) is 0 Å². The maximum Gasteiger partial charge on any atom is 0.234 e. The second-order valence-corrected chi connectivity index (χ2v) is 6.98. The van der Waals surface area contributed by atoms with Crippen LogP contribution in [0.4, 0.5) is 0 Å². The fraction of sp³-hybridized carbons (Fsp3) is 0.632. The highest BCUT2D eigenvalue weighted by atomic mass is 16.5. The van der Waals surface area contributed by atoms with Crippen LogP contribution < -0.4 is 14.8 Å². The van der Waals surface area contributed by atoms with Crippen molar-refractivity contribution in [3.8, 4) is 11.5 Å². The molecular weight excluding hydrogens is 318 g/mol. The van der Waals surface area contributed by atoms with E-state index in [0.717, 1.165) is 56.1 Å². The van der Waals surface area contributed by atoms with E-state index < -0.39 is 0 Å². The van der Waals surface area contributed by atoms with Gasteiger partial charge >= 0.3 is 0 Å². The molecule has 0 aromatic heterocycles. The van der Waals surface area contributed by atoms with Gasteiger partial charge in [0.2, 0.25) is 5.91 Å². The van der Waals surface area contributed by atoms with Gasteiger partial charge < -0.3 is 19.7 Å². The maximum atomic E-state index is 12.4. The summed E-state index contributed by atoms with van der Waals surface area (Å²) in [6, 6.07) is 5.86. The molecule has 2 aliphatic rings. The van der Waals surface area contributed by atoms with Crippen LogP contribution >= 0.6 is 0 Å². The van der Waals surface area contributed by atoms with Crippen LogP contribution in [0.15, 0.2) is 18.2 Å². The van der Waals surface area contributed by atoms with Crippen molar-refractivity contribution in [2.24, 2.45) is 0 Å². The van der Waals surface area contributed by atoms with Crippen LogP contribution in [-0.4, -0.2) is 68.7 Å². The molecule has 2 heterocycles. The zero-order chi connectivity index (χ0) is 17.6. The zero-order valence-corrected chi connectivity index (χ0v) is 15.3. The number of benzene rings is 1. The molecule has 25 heavy (non-hydrogen) atoms. The van der Waals surface area contributed by atoms with E-state index in [-0.39, 0.29) is 11.9 Å². The summed E-state index contributed by atoms with van der Waals surface area (Å²) in [5.74, 6) is 1.63. The van der Waals surface area contributed by atoms with Crippen LogP contribution in [0.5, 0.6) is 11.5 Å². The highest BCUT2D eigenvalue weighted by molar-refractivity contribution is 5.78. The largest absolute Gasteiger partial charge is 0.490 e. The van der Waals surface area contributed by atoms with Crippen molar-refractivity contribution in [2.75, 3.05) is 53.0 Å². The molecule has 2 aliphatic heterocycles. The summed E-state index contributed by atoms with van der Waals surface area (Å²) in [6.45, 7) is 7.87. The lowest BCUT2D eigenvalue weighted by atomic mass is 10.1. The van der Waals surface area contributed by atoms with Gasteiger partial charge in [0.15, 0.2) is 11.5 Å². The highest BCUT2D eigenvalue weighted by Crippen LogP contribution is 2.32. The van der Waals surface area contributed by atoms with E-state index in [0.29, 0.717) is 19.8 Å². The minimum Gasteiger partial charge on any atom is -0.490 e. The van der Waals surface area contributed by atoms with Crippen molar-refractivity contribution >= 4 is 5.91 Å². The molecule has 3 rings (SSSR count). The molecule has 0 radical (unpaired) electrons. The average Bonchev–Trinajstić information content (AvgIpc) is 2.94. The molecule has 0 spiro atoms. The van der Waals surface area contributed by atoms with Crippen molar-refractivity contribution in [3.05, 3.63) is 23.8 Å². The van der Waals surface area contributed by atoms with Gasteiger partial charge in [0.1, 0.15) is 0 Å². The Morgan fingerprint density at radius 1 is 1.12 bits per heavy atom. The lowest BCUT2D eigenvalue weighted by molar-refractivity contribution is -0.122. The first-order chi connectivity index (χ1) is 12.1. The number of likely N-dealkylation sites (N-methyl/N-ethyl adjacent to an activating group) is 1. The summed E-state index contributed by atoms with van der Waals surface area (Å²) < 4.78 is 11.4. The molecule has 0 bridgehead atoms. The second kappa shape index (κ2) is 8.54. The molecule has 1 unspecified atom stereocenters. The Kier molecular flexibility index (Phi) is 6.15. The van der Waals surface area contributed by atoms with E-state index in [4.69, 9.17) is 9.47 Å². The van der Waals surface area contributed by atoms with E-state index in [9.17, 15) is 4.79 Å². The lowest BCUT2D eigenvalue weighted by Gasteiger charge is -2.22. The normalized spacial score (nSPS) is 20.4. The first-order valence-corrected chi connectivity index (χ1v) is 9.21. The van der Waals surface area contributed by atoms with Gasteiger partial charge in [0.25, 0.3) is 0 Å².